The van der Waals surface area contributed by atoms with E-state index in [2.05, 4.69) is 15.0 Å². The van der Waals surface area contributed by atoms with Crippen LogP contribution in [0.3, 0.4) is 0 Å². The minimum atomic E-state index is 0.701. The van der Waals surface area contributed by atoms with Crippen molar-refractivity contribution in [1.82, 2.24) is 19.5 Å². The molecule has 0 aromatic carbocycles. The molecule has 0 saturated heterocycles. The lowest BCUT2D eigenvalue weighted by atomic mass is 10.4. The topological polar surface area (TPSA) is 46.8 Å². The second-order valence-corrected chi connectivity index (χ2v) is 3.81. The monoisotopic (exact) mass is 217 g/mol. The molecule has 84 valence electrons. The highest BCUT2D eigenvalue weighted by Gasteiger charge is 2.07. The van der Waals surface area contributed by atoms with Crippen LogP contribution in [0.15, 0.2) is 24.7 Å². The van der Waals surface area contributed by atoms with E-state index in [4.69, 9.17) is 0 Å². The summed E-state index contributed by atoms with van der Waals surface area (Å²) in [6.07, 6.45) is 5.49. The molecule has 0 saturated carbocycles. The predicted molar refractivity (Wildman–Crippen MR) is 62.1 cm³/mol. The molecule has 0 aliphatic heterocycles. The first-order valence-corrected chi connectivity index (χ1v) is 5.14. The van der Waals surface area contributed by atoms with Crippen molar-refractivity contribution >= 4 is 5.95 Å². The van der Waals surface area contributed by atoms with Crippen molar-refractivity contribution in [2.24, 2.45) is 7.05 Å². The Morgan fingerprint density at radius 1 is 1.31 bits per heavy atom. The van der Waals surface area contributed by atoms with Gasteiger partial charge in [-0.15, -0.1) is 0 Å². The number of hydrogen-bond acceptors (Lipinski definition) is 4. The Bertz CT molecular complexity index is 477. The largest absolute Gasteiger partial charge is 0.337 e. The number of hydrogen-bond donors (Lipinski definition) is 0. The van der Waals surface area contributed by atoms with E-state index in [1.54, 1.807) is 12.4 Å². The zero-order valence-electron chi connectivity index (χ0n) is 9.75. The van der Waals surface area contributed by atoms with E-state index in [-0.39, 0.29) is 0 Å². The van der Waals surface area contributed by atoms with Gasteiger partial charge in [-0.2, -0.15) is 0 Å². The van der Waals surface area contributed by atoms with Crippen LogP contribution in [0.5, 0.6) is 0 Å². The highest BCUT2D eigenvalue weighted by molar-refractivity contribution is 5.28. The second-order valence-electron chi connectivity index (χ2n) is 3.81. The van der Waals surface area contributed by atoms with Gasteiger partial charge in [0.15, 0.2) is 0 Å². The Morgan fingerprint density at radius 2 is 2.12 bits per heavy atom. The zero-order chi connectivity index (χ0) is 11.5. The predicted octanol–water partition coefficient (Wildman–Crippen LogP) is 1.15. The molecule has 0 unspecified atom stereocenters. The van der Waals surface area contributed by atoms with Gasteiger partial charge < -0.3 is 9.47 Å². The molecule has 0 aliphatic rings. The van der Waals surface area contributed by atoms with E-state index in [9.17, 15) is 0 Å². The van der Waals surface area contributed by atoms with Gasteiger partial charge >= 0.3 is 0 Å². The minimum absolute atomic E-state index is 0.701. The summed E-state index contributed by atoms with van der Waals surface area (Å²) in [5, 5.41) is 0. The molecule has 16 heavy (non-hydrogen) atoms. The van der Waals surface area contributed by atoms with E-state index in [0.29, 0.717) is 6.54 Å². The van der Waals surface area contributed by atoms with E-state index in [0.717, 1.165) is 17.5 Å². The number of nitrogens with zero attached hydrogens (tertiary/aromatic N) is 5. The first-order chi connectivity index (χ1) is 7.66. The average molecular weight is 217 g/mol. The Kier molecular flexibility index (Phi) is 2.85. The van der Waals surface area contributed by atoms with Crippen LogP contribution in [-0.4, -0.2) is 26.6 Å². The maximum atomic E-state index is 4.36. The number of rotatable bonds is 3. The normalized spacial score (nSPS) is 10.4. The maximum absolute atomic E-state index is 4.36. The van der Waals surface area contributed by atoms with Crippen molar-refractivity contribution in [3.8, 4) is 0 Å². The van der Waals surface area contributed by atoms with Crippen LogP contribution in [-0.2, 0) is 13.6 Å². The van der Waals surface area contributed by atoms with Crippen molar-refractivity contribution in [2.75, 3.05) is 11.9 Å². The molecular weight excluding hydrogens is 202 g/mol. The molecular formula is C11H15N5. The molecule has 2 aromatic rings. The average Bonchev–Trinajstić information content (AvgIpc) is 2.64. The molecule has 2 heterocycles. The molecule has 5 heteroatoms. The molecule has 0 N–H and O–H groups in total. The number of imidazole rings is 1. The molecule has 2 aromatic heterocycles. The van der Waals surface area contributed by atoms with Gasteiger partial charge in [-0.3, -0.25) is 0 Å². The van der Waals surface area contributed by atoms with E-state index < -0.39 is 0 Å². The molecule has 0 radical (unpaired) electrons. The van der Waals surface area contributed by atoms with Crippen molar-refractivity contribution in [3.05, 3.63) is 36.2 Å². The third-order valence-corrected chi connectivity index (χ3v) is 2.42. The molecule has 0 amide bonds. The van der Waals surface area contributed by atoms with Crippen LogP contribution in [0.2, 0.25) is 0 Å². The summed E-state index contributed by atoms with van der Waals surface area (Å²) in [6, 6.07) is 1.89. The van der Waals surface area contributed by atoms with Gasteiger partial charge in [-0.1, -0.05) is 0 Å². The van der Waals surface area contributed by atoms with Crippen LogP contribution in [0.25, 0.3) is 0 Å². The fraction of sp³-hybridized carbons (Fsp3) is 0.364. The SMILES string of the molecule is Cc1ccnc(N(C)Cc2nccn2C)n1. The first-order valence-electron chi connectivity index (χ1n) is 5.14. The lowest BCUT2D eigenvalue weighted by molar-refractivity contribution is 0.745. The third kappa shape index (κ3) is 2.18. The van der Waals surface area contributed by atoms with Gasteiger partial charge in [0.05, 0.1) is 6.54 Å². The Labute approximate surface area is 94.8 Å². The van der Waals surface area contributed by atoms with Crippen molar-refractivity contribution in [3.63, 3.8) is 0 Å². The lowest BCUT2D eigenvalue weighted by Crippen LogP contribution is -2.21. The molecule has 0 fully saturated rings. The van der Waals surface area contributed by atoms with Crippen LogP contribution in [0, 0.1) is 6.92 Å². The molecule has 0 spiro atoms. The smallest absolute Gasteiger partial charge is 0.225 e. The lowest BCUT2D eigenvalue weighted by Gasteiger charge is -2.16. The summed E-state index contributed by atoms with van der Waals surface area (Å²) in [5.74, 6) is 1.72. The summed E-state index contributed by atoms with van der Waals surface area (Å²) in [4.78, 5) is 14.8. The maximum Gasteiger partial charge on any atom is 0.225 e. The minimum Gasteiger partial charge on any atom is -0.337 e. The highest BCUT2D eigenvalue weighted by atomic mass is 15.2. The van der Waals surface area contributed by atoms with E-state index in [1.807, 2.05) is 42.7 Å². The molecule has 2 rings (SSSR count). The fourth-order valence-corrected chi connectivity index (χ4v) is 1.45. The molecule has 0 atom stereocenters. The van der Waals surface area contributed by atoms with Gasteiger partial charge in [-0.25, -0.2) is 15.0 Å². The van der Waals surface area contributed by atoms with E-state index >= 15 is 0 Å². The quantitative estimate of drug-likeness (QED) is 0.774. The van der Waals surface area contributed by atoms with Crippen LogP contribution < -0.4 is 4.90 Å². The van der Waals surface area contributed by atoms with Gasteiger partial charge in [0.25, 0.3) is 0 Å². The summed E-state index contributed by atoms with van der Waals surface area (Å²) in [7, 11) is 3.94. The van der Waals surface area contributed by atoms with Crippen molar-refractivity contribution in [1.29, 1.82) is 0 Å². The third-order valence-electron chi connectivity index (χ3n) is 2.42. The van der Waals surface area contributed by atoms with Crippen molar-refractivity contribution in [2.45, 2.75) is 13.5 Å². The van der Waals surface area contributed by atoms with Crippen LogP contribution >= 0.6 is 0 Å². The van der Waals surface area contributed by atoms with Gasteiger partial charge in [0.2, 0.25) is 5.95 Å². The highest BCUT2D eigenvalue weighted by Crippen LogP contribution is 2.08. The number of aryl methyl sites for hydroxylation is 2. The molecule has 0 bridgehead atoms. The van der Waals surface area contributed by atoms with Gasteiger partial charge in [0, 0.05) is 38.4 Å². The second kappa shape index (κ2) is 4.30. The summed E-state index contributed by atoms with van der Waals surface area (Å²) >= 11 is 0. The number of aromatic nitrogens is 4. The van der Waals surface area contributed by atoms with Gasteiger partial charge in [-0.05, 0) is 13.0 Å². The first kappa shape index (κ1) is 10.6. The van der Waals surface area contributed by atoms with Crippen LogP contribution in [0.4, 0.5) is 5.95 Å². The Balaban J connectivity index is 2.14. The standard InChI is InChI=1S/C11H15N5/c1-9-4-5-13-11(14-9)16(3)8-10-12-6-7-15(10)2/h4-7H,8H2,1-3H3. The van der Waals surface area contributed by atoms with E-state index in [1.165, 1.54) is 0 Å². The van der Waals surface area contributed by atoms with Crippen molar-refractivity contribution < 1.29 is 0 Å². The molecule has 5 nitrogen and oxygen atoms in total. The summed E-state index contributed by atoms with van der Waals surface area (Å²) < 4.78 is 1.99. The Morgan fingerprint density at radius 3 is 2.75 bits per heavy atom. The zero-order valence-corrected chi connectivity index (χ0v) is 9.75. The number of anilines is 1. The fourth-order valence-electron chi connectivity index (χ4n) is 1.45. The summed E-state index contributed by atoms with van der Waals surface area (Å²) in [5.41, 5.74) is 0.969. The Hall–Kier alpha value is -1.91. The van der Waals surface area contributed by atoms with Gasteiger partial charge in [0.1, 0.15) is 5.82 Å². The van der Waals surface area contributed by atoms with Crippen LogP contribution in [0.1, 0.15) is 11.5 Å². The summed E-state index contributed by atoms with van der Waals surface area (Å²) in [6.45, 7) is 2.66. The molecule has 0 aliphatic carbocycles.